The van der Waals surface area contributed by atoms with Crippen LogP contribution in [0.15, 0.2) is 33.2 Å². The summed E-state index contributed by atoms with van der Waals surface area (Å²) in [5.74, 6) is 0.107. The van der Waals surface area contributed by atoms with Crippen LogP contribution in [0.25, 0.3) is 0 Å². The number of aromatic nitrogens is 1. The molecule has 0 bridgehead atoms. The summed E-state index contributed by atoms with van der Waals surface area (Å²) in [5.41, 5.74) is 0.764. The number of amidine groups is 1. The molecule has 0 spiro atoms. The first-order valence-corrected chi connectivity index (χ1v) is 6.72. The Labute approximate surface area is 105 Å². The molecule has 0 aromatic carbocycles. The van der Waals surface area contributed by atoms with Gasteiger partial charge in [0.05, 0.1) is 18.8 Å². The first kappa shape index (κ1) is 12.5. The second kappa shape index (κ2) is 5.13. The van der Waals surface area contributed by atoms with Gasteiger partial charge >= 0.3 is 10.2 Å². The largest absolute Gasteiger partial charge is 0.475 e. The van der Waals surface area contributed by atoms with Gasteiger partial charge in [-0.05, 0) is 19.1 Å². The number of ether oxygens (including phenoxy) is 1. The Balaban J connectivity index is 2.07. The fourth-order valence-corrected chi connectivity index (χ4v) is 2.10. The van der Waals surface area contributed by atoms with Gasteiger partial charge in [-0.15, -0.1) is 8.80 Å². The molecule has 1 aliphatic rings. The summed E-state index contributed by atoms with van der Waals surface area (Å²) in [5, 5.41) is 2.84. The van der Waals surface area contributed by atoms with Crippen molar-refractivity contribution >= 4 is 21.9 Å². The Morgan fingerprint density at radius 1 is 1.33 bits per heavy atom. The third kappa shape index (κ3) is 3.04. The molecule has 96 valence electrons. The Morgan fingerprint density at radius 2 is 2.17 bits per heavy atom. The second-order valence-electron chi connectivity index (χ2n) is 3.39. The van der Waals surface area contributed by atoms with Crippen LogP contribution in [-0.2, 0) is 21.5 Å². The molecule has 7 nitrogen and oxygen atoms in total. The van der Waals surface area contributed by atoms with E-state index in [4.69, 9.17) is 4.74 Å². The molecular weight excluding hydrogens is 256 g/mol. The fourth-order valence-electron chi connectivity index (χ4n) is 1.34. The van der Waals surface area contributed by atoms with Crippen molar-refractivity contribution in [1.29, 1.82) is 0 Å². The zero-order valence-electron chi connectivity index (χ0n) is 9.70. The highest BCUT2D eigenvalue weighted by atomic mass is 32.2. The van der Waals surface area contributed by atoms with E-state index in [2.05, 4.69) is 19.1 Å². The van der Waals surface area contributed by atoms with E-state index < -0.39 is 10.2 Å². The number of rotatable bonds is 3. The van der Waals surface area contributed by atoms with Crippen LogP contribution in [0.5, 0.6) is 0 Å². The molecule has 1 aromatic heterocycles. The first-order valence-electron chi connectivity index (χ1n) is 5.32. The van der Waals surface area contributed by atoms with E-state index in [1.165, 1.54) is 0 Å². The Bertz CT molecular complexity index is 580. The van der Waals surface area contributed by atoms with E-state index in [1.807, 2.05) is 12.1 Å². The summed E-state index contributed by atoms with van der Waals surface area (Å²) in [6, 6.07) is 5.46. The maximum Gasteiger partial charge on any atom is 0.368 e. The molecule has 1 aliphatic heterocycles. The van der Waals surface area contributed by atoms with E-state index in [0.29, 0.717) is 13.2 Å². The van der Waals surface area contributed by atoms with Gasteiger partial charge in [0.15, 0.2) is 0 Å². The molecule has 0 fully saturated rings. The minimum absolute atomic E-state index is 0.00608. The van der Waals surface area contributed by atoms with Crippen molar-refractivity contribution in [2.75, 3.05) is 6.61 Å². The fraction of sp³-hybridized carbons (Fsp3) is 0.300. The summed E-state index contributed by atoms with van der Waals surface area (Å²) < 4.78 is 34.4. The highest BCUT2D eigenvalue weighted by Gasteiger charge is 2.25. The van der Waals surface area contributed by atoms with Crippen LogP contribution in [0.4, 0.5) is 0 Å². The van der Waals surface area contributed by atoms with Crippen molar-refractivity contribution in [2.45, 2.75) is 13.5 Å². The maximum absolute atomic E-state index is 11.2. The second-order valence-corrected chi connectivity index (χ2v) is 4.65. The SMILES string of the molecule is CCOC1=NS(=O)(=O)N=C1NCc1ccccn1. The summed E-state index contributed by atoms with van der Waals surface area (Å²) in [4.78, 5) is 4.10. The minimum Gasteiger partial charge on any atom is -0.475 e. The number of nitrogens with zero attached hydrogens (tertiary/aromatic N) is 3. The average molecular weight is 268 g/mol. The lowest BCUT2D eigenvalue weighted by molar-refractivity contribution is 0.334. The first-order chi connectivity index (χ1) is 8.61. The number of pyridine rings is 1. The lowest BCUT2D eigenvalue weighted by Gasteiger charge is -2.06. The lowest BCUT2D eigenvalue weighted by atomic mass is 10.3. The van der Waals surface area contributed by atoms with Gasteiger partial charge in [0.1, 0.15) is 0 Å². The normalized spacial score (nSPS) is 16.9. The monoisotopic (exact) mass is 268 g/mol. The molecule has 0 saturated carbocycles. The van der Waals surface area contributed by atoms with Crippen molar-refractivity contribution in [1.82, 2.24) is 10.3 Å². The number of nitrogens with one attached hydrogen (secondary N) is 1. The molecule has 18 heavy (non-hydrogen) atoms. The van der Waals surface area contributed by atoms with Gasteiger partial charge in [0.25, 0.3) is 5.90 Å². The van der Waals surface area contributed by atoms with Gasteiger partial charge in [-0.1, -0.05) is 6.07 Å². The van der Waals surface area contributed by atoms with Gasteiger partial charge in [0.2, 0.25) is 5.84 Å². The topological polar surface area (TPSA) is 93.0 Å². The highest BCUT2D eigenvalue weighted by molar-refractivity contribution is 7.89. The number of hydrogen-bond donors (Lipinski definition) is 1. The van der Waals surface area contributed by atoms with Gasteiger partial charge in [-0.3, -0.25) is 4.98 Å². The summed E-state index contributed by atoms with van der Waals surface area (Å²) in [6.07, 6.45) is 1.65. The molecule has 8 heteroatoms. The third-order valence-electron chi connectivity index (χ3n) is 2.05. The predicted octanol–water partition coefficient (Wildman–Crippen LogP) is 0.263. The summed E-state index contributed by atoms with van der Waals surface area (Å²) >= 11 is 0. The zero-order valence-corrected chi connectivity index (χ0v) is 10.5. The standard InChI is InChI=1S/C10H12N4O3S/c1-2-17-10-9(13-18(15,16)14-10)12-7-8-5-3-4-6-11-8/h3-6H,2,7H2,1H3,(H,12,13). The average Bonchev–Trinajstić information content (AvgIpc) is 2.63. The molecule has 0 saturated heterocycles. The molecule has 0 amide bonds. The van der Waals surface area contributed by atoms with Gasteiger partial charge < -0.3 is 10.1 Å². The third-order valence-corrected chi connectivity index (χ3v) is 2.86. The molecule has 2 rings (SSSR count). The van der Waals surface area contributed by atoms with E-state index >= 15 is 0 Å². The van der Waals surface area contributed by atoms with Crippen molar-refractivity contribution in [2.24, 2.45) is 8.80 Å². The van der Waals surface area contributed by atoms with Crippen molar-refractivity contribution < 1.29 is 13.2 Å². The van der Waals surface area contributed by atoms with Gasteiger partial charge in [0, 0.05) is 6.20 Å². The molecule has 0 radical (unpaired) electrons. The quantitative estimate of drug-likeness (QED) is 0.849. The Morgan fingerprint density at radius 3 is 2.83 bits per heavy atom. The van der Waals surface area contributed by atoms with Crippen LogP contribution >= 0.6 is 0 Å². The van der Waals surface area contributed by atoms with E-state index in [0.717, 1.165) is 5.69 Å². The van der Waals surface area contributed by atoms with E-state index in [-0.39, 0.29) is 11.7 Å². The predicted molar refractivity (Wildman–Crippen MR) is 66.5 cm³/mol. The van der Waals surface area contributed by atoms with Crippen molar-refractivity contribution in [3.8, 4) is 0 Å². The van der Waals surface area contributed by atoms with E-state index in [1.54, 1.807) is 19.2 Å². The smallest absolute Gasteiger partial charge is 0.368 e. The van der Waals surface area contributed by atoms with Crippen molar-refractivity contribution in [3.63, 3.8) is 0 Å². The molecule has 1 aromatic rings. The molecular formula is C10H12N4O3S. The van der Waals surface area contributed by atoms with Gasteiger partial charge in [-0.25, -0.2) is 0 Å². The van der Waals surface area contributed by atoms with Crippen LogP contribution in [0, 0.1) is 0 Å². The lowest BCUT2D eigenvalue weighted by Crippen LogP contribution is -2.30. The molecule has 1 N–H and O–H groups in total. The van der Waals surface area contributed by atoms with Crippen LogP contribution in [-0.4, -0.2) is 31.7 Å². The highest BCUT2D eigenvalue weighted by Crippen LogP contribution is 2.07. The maximum atomic E-state index is 11.2. The minimum atomic E-state index is -3.80. The Kier molecular flexibility index (Phi) is 3.56. The molecule has 0 unspecified atom stereocenters. The summed E-state index contributed by atoms with van der Waals surface area (Å²) in [7, 11) is -3.80. The van der Waals surface area contributed by atoms with Crippen LogP contribution < -0.4 is 5.32 Å². The van der Waals surface area contributed by atoms with Crippen LogP contribution in [0.2, 0.25) is 0 Å². The van der Waals surface area contributed by atoms with Crippen LogP contribution in [0.1, 0.15) is 12.6 Å². The Hall–Kier alpha value is -1.96. The number of hydrogen-bond acceptors (Lipinski definition) is 5. The zero-order chi connectivity index (χ0) is 13.0. The van der Waals surface area contributed by atoms with E-state index in [9.17, 15) is 8.42 Å². The van der Waals surface area contributed by atoms with Crippen LogP contribution in [0.3, 0.4) is 0 Å². The molecule has 2 heterocycles. The molecule has 0 atom stereocenters. The summed E-state index contributed by atoms with van der Waals surface area (Å²) in [6.45, 7) is 2.41. The van der Waals surface area contributed by atoms with Gasteiger partial charge in [-0.2, -0.15) is 8.42 Å². The molecule has 0 aliphatic carbocycles. The van der Waals surface area contributed by atoms with Crippen molar-refractivity contribution in [3.05, 3.63) is 30.1 Å².